The van der Waals surface area contributed by atoms with Crippen LogP contribution in [0.4, 0.5) is 9.59 Å². The van der Waals surface area contributed by atoms with Crippen LogP contribution in [0.5, 0.6) is 0 Å². The molecule has 0 aromatic heterocycles. The van der Waals surface area contributed by atoms with E-state index in [1.165, 1.54) is 0 Å². The van der Waals surface area contributed by atoms with Crippen LogP contribution in [0, 0.1) is 0 Å². The van der Waals surface area contributed by atoms with Gasteiger partial charge in [-0.15, -0.1) is 0 Å². The van der Waals surface area contributed by atoms with Crippen molar-refractivity contribution in [1.29, 1.82) is 0 Å². The highest BCUT2D eigenvalue weighted by Gasteiger charge is 2.35. The van der Waals surface area contributed by atoms with E-state index in [9.17, 15) is 9.59 Å². The zero-order valence-electron chi connectivity index (χ0n) is 17.0. The third-order valence-corrected chi connectivity index (χ3v) is 4.15. The minimum atomic E-state index is -0.550. The molecule has 0 aliphatic carbocycles. The number of likely N-dealkylation sites (N-methyl/N-ethyl adjacent to an activating group) is 1. The number of nitrogens with zero attached hydrogens (tertiary/aromatic N) is 3. The van der Waals surface area contributed by atoms with E-state index < -0.39 is 5.60 Å². The molecule has 0 saturated carbocycles. The molecule has 0 N–H and O–H groups in total. The monoisotopic (exact) mass is 377 g/mol. The Hall–Kier alpha value is -2.28. The van der Waals surface area contributed by atoms with Gasteiger partial charge in [-0.25, -0.2) is 9.59 Å². The smallest absolute Gasteiger partial charge is 0.410 e. The van der Waals surface area contributed by atoms with Crippen LogP contribution in [-0.4, -0.2) is 78.8 Å². The summed E-state index contributed by atoms with van der Waals surface area (Å²) in [6.45, 7) is 7.71. The zero-order valence-corrected chi connectivity index (χ0v) is 17.0. The summed E-state index contributed by atoms with van der Waals surface area (Å²) in [5.74, 6) is 0. The van der Waals surface area contributed by atoms with E-state index in [0.717, 1.165) is 5.56 Å². The van der Waals surface area contributed by atoms with Gasteiger partial charge in [0.2, 0.25) is 0 Å². The van der Waals surface area contributed by atoms with Crippen LogP contribution in [-0.2, 0) is 16.1 Å². The Kier molecular flexibility index (Phi) is 7.07. The Bertz CT molecular complexity index is 628. The topological polar surface area (TPSA) is 62.3 Å². The average molecular weight is 377 g/mol. The largest absolute Gasteiger partial charge is 0.445 e. The van der Waals surface area contributed by atoms with E-state index in [1.807, 2.05) is 70.1 Å². The highest BCUT2D eigenvalue weighted by atomic mass is 16.6. The molecular weight excluding hydrogens is 346 g/mol. The summed E-state index contributed by atoms with van der Waals surface area (Å²) in [5.41, 5.74) is 0.397. The fourth-order valence-corrected chi connectivity index (χ4v) is 2.97. The van der Waals surface area contributed by atoms with Crippen molar-refractivity contribution in [2.24, 2.45) is 0 Å². The highest BCUT2D eigenvalue weighted by molar-refractivity contribution is 5.71. The first kappa shape index (κ1) is 21.0. The van der Waals surface area contributed by atoms with Gasteiger partial charge in [0.05, 0.1) is 6.04 Å². The SMILES string of the molecule is CN(C)C[C@@H]1CN(C(=O)OCc2ccccc2)CCN1C(=O)OC(C)(C)C. The molecule has 1 heterocycles. The zero-order chi connectivity index (χ0) is 20.0. The molecule has 1 aromatic rings. The lowest BCUT2D eigenvalue weighted by molar-refractivity contribution is -0.00665. The maximum Gasteiger partial charge on any atom is 0.410 e. The number of carbonyl (C=O) groups is 2. The summed E-state index contributed by atoms with van der Waals surface area (Å²) in [4.78, 5) is 30.4. The van der Waals surface area contributed by atoms with Gasteiger partial charge < -0.3 is 24.2 Å². The Morgan fingerprint density at radius 2 is 1.78 bits per heavy atom. The van der Waals surface area contributed by atoms with E-state index in [1.54, 1.807) is 9.80 Å². The van der Waals surface area contributed by atoms with E-state index in [0.29, 0.717) is 26.2 Å². The summed E-state index contributed by atoms with van der Waals surface area (Å²) < 4.78 is 11.0. The van der Waals surface area contributed by atoms with Crippen molar-refractivity contribution >= 4 is 12.2 Å². The lowest BCUT2D eigenvalue weighted by Gasteiger charge is -2.42. The third-order valence-electron chi connectivity index (χ3n) is 4.15. The third kappa shape index (κ3) is 6.75. The van der Waals surface area contributed by atoms with Gasteiger partial charge in [-0.1, -0.05) is 30.3 Å². The quantitative estimate of drug-likeness (QED) is 0.807. The number of carbonyl (C=O) groups excluding carboxylic acids is 2. The predicted octanol–water partition coefficient (Wildman–Crippen LogP) is 2.81. The van der Waals surface area contributed by atoms with Gasteiger partial charge in [0.15, 0.2) is 0 Å². The second-order valence-corrected chi connectivity index (χ2v) is 8.08. The second kappa shape index (κ2) is 9.08. The fourth-order valence-electron chi connectivity index (χ4n) is 2.97. The maximum absolute atomic E-state index is 12.5. The van der Waals surface area contributed by atoms with Gasteiger partial charge >= 0.3 is 12.2 Å². The molecule has 2 amide bonds. The van der Waals surface area contributed by atoms with Crippen LogP contribution in [0.3, 0.4) is 0 Å². The molecule has 7 heteroatoms. The summed E-state index contributed by atoms with van der Waals surface area (Å²) >= 11 is 0. The van der Waals surface area contributed by atoms with Crippen molar-refractivity contribution in [3.8, 4) is 0 Å². The molecule has 2 rings (SSSR count). The van der Waals surface area contributed by atoms with Gasteiger partial charge in [-0.05, 0) is 40.4 Å². The summed E-state index contributed by atoms with van der Waals surface area (Å²) in [7, 11) is 3.89. The standard InChI is InChI=1S/C20H31N3O4/c1-20(2,3)27-19(25)23-12-11-22(14-17(23)13-21(4)5)18(24)26-15-16-9-7-6-8-10-16/h6-10,17H,11-15H2,1-5H3/t17-/m1/s1. The first-order valence-corrected chi connectivity index (χ1v) is 9.25. The number of ether oxygens (including phenoxy) is 2. The lowest BCUT2D eigenvalue weighted by Crippen LogP contribution is -2.60. The van der Waals surface area contributed by atoms with Crippen LogP contribution in [0.25, 0.3) is 0 Å². The lowest BCUT2D eigenvalue weighted by atomic mass is 10.1. The molecule has 1 aliphatic heterocycles. The molecule has 7 nitrogen and oxygen atoms in total. The normalized spacial score (nSPS) is 17.8. The molecule has 1 aromatic carbocycles. The molecular formula is C20H31N3O4. The summed E-state index contributed by atoms with van der Waals surface area (Å²) in [6, 6.07) is 9.44. The van der Waals surface area contributed by atoms with Crippen molar-refractivity contribution in [3.63, 3.8) is 0 Å². The second-order valence-electron chi connectivity index (χ2n) is 8.08. The maximum atomic E-state index is 12.5. The van der Waals surface area contributed by atoms with E-state index in [2.05, 4.69) is 0 Å². The van der Waals surface area contributed by atoms with Crippen LogP contribution in [0.2, 0.25) is 0 Å². The van der Waals surface area contributed by atoms with Crippen LogP contribution in [0.15, 0.2) is 30.3 Å². The molecule has 1 aliphatic rings. The first-order chi connectivity index (χ1) is 12.7. The number of piperazine rings is 1. The van der Waals surface area contributed by atoms with Crippen molar-refractivity contribution < 1.29 is 19.1 Å². The minimum absolute atomic E-state index is 0.145. The number of amides is 2. The van der Waals surface area contributed by atoms with E-state index in [4.69, 9.17) is 9.47 Å². The van der Waals surface area contributed by atoms with Crippen molar-refractivity contribution in [3.05, 3.63) is 35.9 Å². The molecule has 0 unspecified atom stereocenters. The number of rotatable bonds is 4. The molecule has 27 heavy (non-hydrogen) atoms. The molecule has 0 spiro atoms. The molecule has 1 fully saturated rings. The number of hydrogen-bond acceptors (Lipinski definition) is 5. The van der Waals surface area contributed by atoms with Gasteiger partial charge in [0.1, 0.15) is 12.2 Å². The van der Waals surface area contributed by atoms with E-state index >= 15 is 0 Å². The van der Waals surface area contributed by atoms with Gasteiger partial charge in [-0.2, -0.15) is 0 Å². The molecule has 1 saturated heterocycles. The Balaban J connectivity index is 1.97. The molecule has 150 valence electrons. The molecule has 0 bridgehead atoms. The van der Waals surface area contributed by atoms with Crippen molar-refractivity contribution in [2.75, 3.05) is 40.3 Å². The predicted molar refractivity (Wildman–Crippen MR) is 103 cm³/mol. The van der Waals surface area contributed by atoms with Crippen molar-refractivity contribution in [1.82, 2.24) is 14.7 Å². The minimum Gasteiger partial charge on any atom is -0.445 e. The summed E-state index contributed by atoms with van der Waals surface area (Å²) in [6.07, 6.45) is -0.696. The molecule has 0 radical (unpaired) electrons. The fraction of sp³-hybridized carbons (Fsp3) is 0.600. The van der Waals surface area contributed by atoms with Crippen LogP contribution in [0.1, 0.15) is 26.3 Å². The highest BCUT2D eigenvalue weighted by Crippen LogP contribution is 2.17. The number of benzene rings is 1. The van der Waals surface area contributed by atoms with E-state index in [-0.39, 0.29) is 24.8 Å². The van der Waals surface area contributed by atoms with Crippen LogP contribution >= 0.6 is 0 Å². The Morgan fingerprint density at radius 1 is 1.11 bits per heavy atom. The molecule has 1 atom stereocenters. The van der Waals surface area contributed by atoms with Gasteiger partial charge in [0.25, 0.3) is 0 Å². The number of hydrogen-bond donors (Lipinski definition) is 0. The van der Waals surface area contributed by atoms with Gasteiger partial charge in [-0.3, -0.25) is 0 Å². The van der Waals surface area contributed by atoms with Crippen LogP contribution < -0.4 is 0 Å². The first-order valence-electron chi connectivity index (χ1n) is 9.25. The Labute approximate surface area is 161 Å². The van der Waals surface area contributed by atoms with Gasteiger partial charge in [0, 0.05) is 26.2 Å². The summed E-state index contributed by atoms with van der Waals surface area (Å²) in [5, 5.41) is 0. The average Bonchev–Trinajstić information content (AvgIpc) is 2.58. The van der Waals surface area contributed by atoms with Crippen molar-refractivity contribution in [2.45, 2.75) is 39.0 Å². The Morgan fingerprint density at radius 3 is 2.37 bits per heavy atom.